The predicted octanol–water partition coefficient (Wildman–Crippen LogP) is 4.39. The number of halogens is 4. The number of nitrogens with one attached hydrogen (secondary N) is 1. The average Bonchev–Trinajstić information content (AvgIpc) is 2.69. The second-order valence-electron chi connectivity index (χ2n) is 4.13. The molecule has 0 spiro atoms. The van der Waals surface area contributed by atoms with Gasteiger partial charge in [0.2, 0.25) is 0 Å². The fraction of sp³-hybridized carbons (Fsp3) is 0. The van der Waals surface area contributed by atoms with Crippen LogP contribution in [0.3, 0.4) is 0 Å². The fourth-order valence-corrected chi connectivity index (χ4v) is 2.00. The molecule has 5 heteroatoms. The molecule has 0 aliphatic carbocycles. The van der Waals surface area contributed by atoms with Gasteiger partial charge in [-0.15, -0.1) is 0 Å². The Kier molecular flexibility index (Phi) is 2.55. The van der Waals surface area contributed by atoms with Crippen LogP contribution in [0.15, 0.2) is 36.4 Å². The summed E-state index contributed by atoms with van der Waals surface area (Å²) in [6, 6.07) is 6.63. The summed E-state index contributed by atoms with van der Waals surface area (Å²) in [5.74, 6) is -2.95. The number of H-pyrrole nitrogens is 1. The number of fused-ring (bicyclic) bond motifs is 1. The van der Waals surface area contributed by atoms with Crippen molar-refractivity contribution in [1.29, 1.82) is 0 Å². The van der Waals surface area contributed by atoms with E-state index in [1.54, 1.807) is 0 Å². The Labute approximate surface area is 105 Å². The SMILES string of the molecule is Fc1ccc(-c2[nH]c3c(F)cc(F)cc3c2F)cc1. The van der Waals surface area contributed by atoms with E-state index < -0.39 is 23.3 Å². The van der Waals surface area contributed by atoms with Gasteiger partial charge in [-0.25, -0.2) is 17.6 Å². The zero-order valence-electron chi connectivity index (χ0n) is 9.48. The molecule has 3 aromatic rings. The van der Waals surface area contributed by atoms with Crippen LogP contribution >= 0.6 is 0 Å². The monoisotopic (exact) mass is 265 g/mol. The zero-order chi connectivity index (χ0) is 13.6. The van der Waals surface area contributed by atoms with E-state index in [0.717, 1.165) is 18.2 Å². The van der Waals surface area contributed by atoms with Crippen LogP contribution in [0.2, 0.25) is 0 Å². The third-order valence-corrected chi connectivity index (χ3v) is 2.89. The van der Waals surface area contributed by atoms with E-state index in [-0.39, 0.29) is 16.6 Å². The highest BCUT2D eigenvalue weighted by atomic mass is 19.1. The number of hydrogen-bond donors (Lipinski definition) is 1. The van der Waals surface area contributed by atoms with Crippen molar-refractivity contribution in [1.82, 2.24) is 4.98 Å². The Hall–Kier alpha value is -2.30. The lowest BCUT2D eigenvalue weighted by Crippen LogP contribution is -1.82. The minimum Gasteiger partial charge on any atom is -0.350 e. The molecule has 0 unspecified atom stereocenters. The Morgan fingerprint density at radius 2 is 1.47 bits per heavy atom. The molecule has 1 N–H and O–H groups in total. The van der Waals surface area contributed by atoms with Crippen LogP contribution in [-0.2, 0) is 0 Å². The summed E-state index contributed by atoms with van der Waals surface area (Å²) in [5, 5.41) is -0.170. The normalized spacial score (nSPS) is 11.2. The largest absolute Gasteiger partial charge is 0.350 e. The second-order valence-corrected chi connectivity index (χ2v) is 4.13. The number of aromatic amines is 1. The van der Waals surface area contributed by atoms with Crippen molar-refractivity contribution in [2.45, 2.75) is 0 Å². The lowest BCUT2D eigenvalue weighted by Gasteiger charge is -1.97. The van der Waals surface area contributed by atoms with Crippen molar-refractivity contribution in [2.24, 2.45) is 0 Å². The van der Waals surface area contributed by atoms with E-state index in [0.29, 0.717) is 11.6 Å². The highest BCUT2D eigenvalue weighted by molar-refractivity contribution is 5.87. The first kappa shape index (κ1) is 11.8. The van der Waals surface area contributed by atoms with Crippen LogP contribution in [0.1, 0.15) is 0 Å². The highest BCUT2D eigenvalue weighted by Crippen LogP contribution is 2.30. The number of rotatable bonds is 1. The van der Waals surface area contributed by atoms with Crippen LogP contribution in [0, 0.1) is 23.3 Å². The first-order valence-electron chi connectivity index (χ1n) is 5.48. The summed E-state index contributed by atoms with van der Waals surface area (Å²) in [6.07, 6.45) is 0. The maximum Gasteiger partial charge on any atom is 0.156 e. The molecule has 19 heavy (non-hydrogen) atoms. The fourth-order valence-electron chi connectivity index (χ4n) is 2.00. The van der Waals surface area contributed by atoms with Crippen molar-refractivity contribution in [3.05, 3.63) is 59.7 Å². The van der Waals surface area contributed by atoms with Crippen molar-refractivity contribution < 1.29 is 17.6 Å². The molecule has 3 rings (SSSR count). The zero-order valence-corrected chi connectivity index (χ0v) is 9.48. The number of hydrogen-bond acceptors (Lipinski definition) is 0. The lowest BCUT2D eigenvalue weighted by molar-refractivity contribution is 0.589. The van der Waals surface area contributed by atoms with Crippen molar-refractivity contribution in [2.75, 3.05) is 0 Å². The minimum atomic E-state index is -0.873. The Morgan fingerprint density at radius 1 is 0.789 bits per heavy atom. The minimum absolute atomic E-state index is 0.000463. The van der Waals surface area contributed by atoms with Gasteiger partial charge in [0.05, 0.1) is 11.2 Å². The summed E-state index contributed by atoms with van der Waals surface area (Å²) < 4.78 is 53.5. The lowest BCUT2D eigenvalue weighted by atomic mass is 10.1. The maximum absolute atomic E-state index is 14.1. The molecule has 2 aromatic carbocycles. The van der Waals surface area contributed by atoms with E-state index in [9.17, 15) is 17.6 Å². The van der Waals surface area contributed by atoms with Gasteiger partial charge in [-0.3, -0.25) is 0 Å². The molecule has 1 heterocycles. The van der Waals surface area contributed by atoms with Gasteiger partial charge in [-0.2, -0.15) is 0 Å². The van der Waals surface area contributed by atoms with E-state index in [2.05, 4.69) is 4.98 Å². The van der Waals surface area contributed by atoms with E-state index >= 15 is 0 Å². The molecule has 0 bridgehead atoms. The molecule has 1 nitrogen and oxygen atoms in total. The predicted molar refractivity (Wildman–Crippen MR) is 63.6 cm³/mol. The molecule has 0 fully saturated rings. The van der Waals surface area contributed by atoms with Gasteiger partial charge in [0, 0.05) is 17.0 Å². The molecule has 0 aliphatic rings. The molecule has 0 amide bonds. The van der Waals surface area contributed by atoms with E-state index in [1.807, 2.05) is 0 Å². The van der Waals surface area contributed by atoms with Gasteiger partial charge in [-0.05, 0) is 30.3 Å². The molecule has 96 valence electrons. The summed E-state index contributed by atoms with van der Waals surface area (Å²) in [6.45, 7) is 0. The van der Waals surface area contributed by atoms with Crippen molar-refractivity contribution >= 4 is 10.9 Å². The van der Waals surface area contributed by atoms with Crippen LogP contribution in [0.25, 0.3) is 22.2 Å². The van der Waals surface area contributed by atoms with Crippen molar-refractivity contribution in [3.63, 3.8) is 0 Å². The third kappa shape index (κ3) is 1.87. The number of benzene rings is 2. The van der Waals surface area contributed by atoms with E-state index in [4.69, 9.17) is 0 Å². The topological polar surface area (TPSA) is 15.8 Å². The van der Waals surface area contributed by atoms with Gasteiger partial charge >= 0.3 is 0 Å². The first-order valence-corrected chi connectivity index (χ1v) is 5.48. The molecular weight excluding hydrogens is 258 g/mol. The van der Waals surface area contributed by atoms with Crippen LogP contribution < -0.4 is 0 Å². The molecule has 1 aromatic heterocycles. The third-order valence-electron chi connectivity index (χ3n) is 2.89. The summed E-state index contributed by atoms with van der Waals surface area (Å²) in [5.41, 5.74) is 0.243. The summed E-state index contributed by atoms with van der Waals surface area (Å²) in [7, 11) is 0. The van der Waals surface area contributed by atoms with Crippen molar-refractivity contribution in [3.8, 4) is 11.3 Å². The average molecular weight is 265 g/mol. The molecule has 0 saturated carbocycles. The van der Waals surface area contributed by atoms with E-state index in [1.165, 1.54) is 12.1 Å². The molecule has 0 radical (unpaired) electrons. The smallest absolute Gasteiger partial charge is 0.156 e. The maximum atomic E-state index is 14.1. The van der Waals surface area contributed by atoms with Gasteiger partial charge < -0.3 is 4.98 Å². The standard InChI is InChI=1S/C14H7F4N/c15-8-3-1-7(2-4-8)13-12(18)10-5-9(16)6-11(17)14(10)19-13/h1-6,19H. The Bertz CT molecular complexity index is 759. The van der Waals surface area contributed by atoms with Gasteiger partial charge in [0.25, 0.3) is 0 Å². The summed E-state index contributed by atoms with van der Waals surface area (Å²) in [4.78, 5) is 2.56. The molecule has 0 atom stereocenters. The Morgan fingerprint density at radius 3 is 2.16 bits per heavy atom. The molecular formula is C14H7F4N. The van der Waals surface area contributed by atoms with Crippen LogP contribution in [0.4, 0.5) is 17.6 Å². The first-order chi connectivity index (χ1) is 9.06. The quantitative estimate of drug-likeness (QED) is 0.628. The Balaban J connectivity index is 2.28. The van der Waals surface area contributed by atoms with Crippen LogP contribution in [-0.4, -0.2) is 4.98 Å². The van der Waals surface area contributed by atoms with Gasteiger partial charge in [-0.1, -0.05) is 0 Å². The van der Waals surface area contributed by atoms with Gasteiger partial charge in [0.1, 0.15) is 17.5 Å². The second kappa shape index (κ2) is 4.12. The number of aromatic nitrogens is 1. The molecule has 0 aliphatic heterocycles. The van der Waals surface area contributed by atoms with Gasteiger partial charge in [0.15, 0.2) is 5.82 Å². The highest BCUT2D eigenvalue weighted by Gasteiger charge is 2.16. The van der Waals surface area contributed by atoms with Crippen LogP contribution in [0.5, 0.6) is 0 Å². The summed E-state index contributed by atoms with van der Waals surface area (Å²) >= 11 is 0. The molecule has 0 saturated heterocycles.